The van der Waals surface area contributed by atoms with Crippen LogP contribution in [0.25, 0.3) is 0 Å². The van der Waals surface area contributed by atoms with Crippen LogP contribution in [0.2, 0.25) is 0 Å². The molecule has 104 valence electrons. The Hall–Kier alpha value is -2.44. The van der Waals surface area contributed by atoms with Crippen molar-refractivity contribution < 1.29 is 4.92 Å². The highest BCUT2D eigenvalue weighted by atomic mass is 16.6. The lowest BCUT2D eigenvalue weighted by molar-refractivity contribution is -0.384. The molecule has 7 nitrogen and oxygen atoms in total. The normalized spacial score (nSPS) is 15.4. The topological polar surface area (TPSA) is 96.7 Å². The molecule has 1 aliphatic rings. The summed E-state index contributed by atoms with van der Waals surface area (Å²) in [5.41, 5.74) is 1.44. The highest BCUT2D eigenvalue weighted by Gasteiger charge is 2.20. The lowest BCUT2D eigenvalue weighted by Crippen LogP contribution is -1.97. The zero-order valence-corrected chi connectivity index (χ0v) is 10.9. The van der Waals surface area contributed by atoms with Crippen LogP contribution in [0.5, 0.6) is 0 Å². The van der Waals surface area contributed by atoms with Gasteiger partial charge in [0.2, 0.25) is 0 Å². The van der Waals surface area contributed by atoms with Gasteiger partial charge in [0.05, 0.1) is 4.92 Å². The second kappa shape index (κ2) is 5.28. The number of anilines is 2. The first-order chi connectivity index (χ1) is 9.74. The van der Waals surface area contributed by atoms with E-state index in [1.54, 1.807) is 6.07 Å². The number of hydrogen-bond acceptors (Lipinski definition) is 5. The van der Waals surface area contributed by atoms with Crippen LogP contribution >= 0.6 is 0 Å². The summed E-state index contributed by atoms with van der Waals surface area (Å²) in [6, 6.07) is 3.50. The molecule has 0 bridgehead atoms. The van der Waals surface area contributed by atoms with E-state index in [2.05, 4.69) is 20.5 Å². The van der Waals surface area contributed by atoms with Gasteiger partial charge in [-0.15, -0.1) is 0 Å². The van der Waals surface area contributed by atoms with Crippen molar-refractivity contribution in [1.29, 1.82) is 0 Å². The second-order valence-corrected chi connectivity index (χ2v) is 4.96. The third kappa shape index (κ3) is 2.47. The van der Waals surface area contributed by atoms with Gasteiger partial charge in [-0.3, -0.25) is 20.2 Å². The minimum atomic E-state index is -0.458. The maximum absolute atomic E-state index is 10.9. The standard InChI is InChI=1S/C13H15N5O2/c19-18(20)12-8-14-6-5-10(12)15-13-7-11(16-17-13)9-3-1-2-4-9/h5-9H,1-4H2,(H2,14,15,16,17). The summed E-state index contributed by atoms with van der Waals surface area (Å²) in [6.45, 7) is 0. The summed E-state index contributed by atoms with van der Waals surface area (Å²) in [5.74, 6) is 1.13. The molecule has 3 rings (SSSR count). The average Bonchev–Trinajstić information content (AvgIpc) is 3.09. The van der Waals surface area contributed by atoms with Crippen LogP contribution < -0.4 is 5.32 Å². The van der Waals surface area contributed by atoms with Gasteiger partial charge in [-0.25, -0.2) is 0 Å². The largest absolute Gasteiger partial charge is 0.333 e. The van der Waals surface area contributed by atoms with Crippen molar-refractivity contribution in [2.45, 2.75) is 31.6 Å². The number of aromatic amines is 1. The molecule has 7 heteroatoms. The van der Waals surface area contributed by atoms with E-state index >= 15 is 0 Å². The average molecular weight is 273 g/mol. The number of rotatable bonds is 4. The van der Waals surface area contributed by atoms with E-state index in [4.69, 9.17) is 0 Å². The lowest BCUT2D eigenvalue weighted by atomic mass is 10.0. The molecule has 2 aromatic heterocycles. The smallest absolute Gasteiger partial charge is 0.310 e. The molecule has 2 heterocycles. The van der Waals surface area contributed by atoms with Gasteiger partial charge < -0.3 is 5.32 Å². The van der Waals surface area contributed by atoms with E-state index in [9.17, 15) is 10.1 Å². The fourth-order valence-electron chi connectivity index (χ4n) is 2.62. The van der Waals surface area contributed by atoms with E-state index < -0.39 is 4.92 Å². The summed E-state index contributed by atoms with van der Waals surface area (Å²) >= 11 is 0. The number of nitrogens with zero attached hydrogens (tertiary/aromatic N) is 3. The fourth-order valence-corrected chi connectivity index (χ4v) is 2.62. The Morgan fingerprint density at radius 3 is 2.95 bits per heavy atom. The van der Waals surface area contributed by atoms with Gasteiger partial charge in [-0.05, 0) is 18.9 Å². The summed E-state index contributed by atoms with van der Waals surface area (Å²) in [6.07, 6.45) is 7.60. The van der Waals surface area contributed by atoms with Gasteiger partial charge in [-0.1, -0.05) is 12.8 Å². The maximum Gasteiger partial charge on any atom is 0.310 e. The van der Waals surface area contributed by atoms with Crippen LogP contribution in [0.1, 0.15) is 37.3 Å². The van der Waals surface area contributed by atoms with Crippen LogP contribution in [0, 0.1) is 10.1 Å². The van der Waals surface area contributed by atoms with Crippen LogP contribution in [0.3, 0.4) is 0 Å². The van der Waals surface area contributed by atoms with Crippen molar-refractivity contribution in [2.75, 3.05) is 5.32 Å². The minimum absolute atomic E-state index is 0.0575. The first-order valence-corrected chi connectivity index (χ1v) is 6.65. The van der Waals surface area contributed by atoms with Gasteiger partial charge in [0.25, 0.3) is 0 Å². The molecule has 0 unspecified atom stereocenters. The zero-order valence-electron chi connectivity index (χ0n) is 10.9. The Bertz CT molecular complexity index is 619. The monoisotopic (exact) mass is 273 g/mol. The molecule has 0 atom stereocenters. The van der Waals surface area contributed by atoms with Gasteiger partial charge >= 0.3 is 5.69 Å². The van der Waals surface area contributed by atoms with Crippen LogP contribution in [0.15, 0.2) is 24.5 Å². The van der Waals surface area contributed by atoms with Crippen molar-refractivity contribution in [3.63, 3.8) is 0 Å². The molecular formula is C13H15N5O2. The molecule has 0 saturated heterocycles. The third-order valence-corrected chi connectivity index (χ3v) is 3.65. The molecule has 20 heavy (non-hydrogen) atoms. The SMILES string of the molecule is O=[N+]([O-])c1cnccc1Nc1cc(C2CCCC2)[nH]n1. The summed E-state index contributed by atoms with van der Waals surface area (Å²) in [5, 5.41) is 21.1. The molecule has 0 aliphatic heterocycles. The maximum atomic E-state index is 10.9. The van der Waals surface area contributed by atoms with Crippen LogP contribution in [-0.4, -0.2) is 20.1 Å². The van der Waals surface area contributed by atoms with E-state index in [1.807, 2.05) is 6.07 Å². The Morgan fingerprint density at radius 1 is 1.40 bits per heavy atom. The number of hydrogen-bond donors (Lipinski definition) is 2. The van der Waals surface area contributed by atoms with Crippen molar-refractivity contribution in [3.05, 3.63) is 40.3 Å². The summed E-state index contributed by atoms with van der Waals surface area (Å²) < 4.78 is 0. The van der Waals surface area contributed by atoms with Gasteiger partial charge in [0.1, 0.15) is 11.9 Å². The molecule has 0 radical (unpaired) electrons. The van der Waals surface area contributed by atoms with E-state index in [0.717, 1.165) is 5.69 Å². The van der Waals surface area contributed by atoms with Crippen molar-refractivity contribution >= 4 is 17.2 Å². The highest BCUT2D eigenvalue weighted by molar-refractivity contribution is 5.66. The molecule has 1 aliphatic carbocycles. The predicted molar refractivity (Wildman–Crippen MR) is 74.0 cm³/mol. The van der Waals surface area contributed by atoms with Crippen molar-refractivity contribution in [3.8, 4) is 0 Å². The Kier molecular flexibility index (Phi) is 3.32. The van der Waals surface area contributed by atoms with Gasteiger partial charge in [0, 0.05) is 23.9 Å². The Balaban J connectivity index is 1.79. The van der Waals surface area contributed by atoms with E-state index in [-0.39, 0.29) is 5.69 Å². The number of nitro groups is 1. The van der Waals surface area contributed by atoms with E-state index in [0.29, 0.717) is 17.4 Å². The quantitative estimate of drug-likeness (QED) is 0.659. The summed E-state index contributed by atoms with van der Waals surface area (Å²) in [4.78, 5) is 14.2. The molecule has 0 amide bonds. The van der Waals surface area contributed by atoms with Crippen LogP contribution in [0.4, 0.5) is 17.2 Å². The van der Waals surface area contributed by atoms with Gasteiger partial charge in [0.15, 0.2) is 5.82 Å². The Labute approximate surface area is 115 Å². The predicted octanol–water partition coefficient (Wildman–Crippen LogP) is 3.11. The zero-order chi connectivity index (χ0) is 13.9. The molecule has 2 N–H and O–H groups in total. The Morgan fingerprint density at radius 2 is 2.20 bits per heavy atom. The fraction of sp³-hybridized carbons (Fsp3) is 0.385. The second-order valence-electron chi connectivity index (χ2n) is 4.96. The molecule has 0 aromatic carbocycles. The van der Waals surface area contributed by atoms with Crippen molar-refractivity contribution in [1.82, 2.24) is 15.2 Å². The first kappa shape index (κ1) is 12.6. The third-order valence-electron chi connectivity index (χ3n) is 3.65. The minimum Gasteiger partial charge on any atom is -0.333 e. The van der Waals surface area contributed by atoms with Crippen LogP contribution in [-0.2, 0) is 0 Å². The number of H-pyrrole nitrogens is 1. The van der Waals surface area contributed by atoms with E-state index in [1.165, 1.54) is 38.1 Å². The first-order valence-electron chi connectivity index (χ1n) is 6.65. The lowest BCUT2D eigenvalue weighted by Gasteiger charge is -2.04. The van der Waals surface area contributed by atoms with Crippen molar-refractivity contribution in [2.24, 2.45) is 0 Å². The number of aromatic nitrogens is 3. The summed E-state index contributed by atoms with van der Waals surface area (Å²) in [7, 11) is 0. The molecule has 1 saturated carbocycles. The number of nitrogens with one attached hydrogen (secondary N) is 2. The molecule has 0 spiro atoms. The number of pyridine rings is 1. The molecule has 2 aromatic rings. The van der Waals surface area contributed by atoms with Gasteiger partial charge in [-0.2, -0.15) is 5.10 Å². The molecule has 1 fully saturated rings. The highest BCUT2D eigenvalue weighted by Crippen LogP contribution is 2.34. The molecular weight excluding hydrogens is 258 g/mol.